The number of fused-ring (bicyclic) bond motifs is 2. The highest BCUT2D eigenvalue weighted by Crippen LogP contribution is 2.37. The van der Waals surface area contributed by atoms with Crippen LogP contribution < -0.4 is 5.43 Å². The second kappa shape index (κ2) is 6.40. The number of benzene rings is 1. The van der Waals surface area contributed by atoms with Crippen LogP contribution in [0.25, 0.3) is 21.9 Å². The number of carbonyl (C=O) groups is 1. The number of nitrogens with zero attached hydrogens (tertiary/aromatic N) is 3. The number of amides is 1. The van der Waals surface area contributed by atoms with Gasteiger partial charge in [0.05, 0.1) is 10.9 Å². The summed E-state index contributed by atoms with van der Waals surface area (Å²) in [5.41, 5.74) is 0.329. The van der Waals surface area contributed by atoms with Gasteiger partial charge in [0.15, 0.2) is 11.6 Å². The minimum absolute atomic E-state index is 0.0850. The second-order valence-electron chi connectivity index (χ2n) is 6.81. The summed E-state index contributed by atoms with van der Waals surface area (Å²) in [6, 6.07) is 3.71. The van der Waals surface area contributed by atoms with Crippen molar-refractivity contribution in [1.82, 2.24) is 14.5 Å². The molecule has 2 aromatic heterocycles. The van der Waals surface area contributed by atoms with Gasteiger partial charge in [-0.05, 0) is 38.8 Å². The van der Waals surface area contributed by atoms with Crippen molar-refractivity contribution in [3.63, 3.8) is 0 Å². The summed E-state index contributed by atoms with van der Waals surface area (Å²) >= 11 is 0. The number of halogens is 2. The minimum atomic E-state index is -0.999. The number of rotatable bonds is 4. The van der Waals surface area contributed by atoms with Gasteiger partial charge in [0.25, 0.3) is 5.91 Å². The van der Waals surface area contributed by atoms with Gasteiger partial charge < -0.3 is 9.47 Å². The lowest BCUT2D eigenvalue weighted by Gasteiger charge is -2.20. The Morgan fingerprint density at radius 2 is 1.85 bits per heavy atom. The molecule has 1 aliphatic carbocycles. The predicted molar refractivity (Wildman–Crippen MR) is 98.9 cm³/mol. The first-order chi connectivity index (χ1) is 12.9. The number of hydrogen-bond donors (Lipinski definition) is 0. The molecule has 1 fully saturated rings. The van der Waals surface area contributed by atoms with E-state index in [1.165, 1.54) is 6.07 Å². The van der Waals surface area contributed by atoms with Crippen molar-refractivity contribution in [2.75, 3.05) is 13.1 Å². The molecule has 1 aromatic carbocycles. The van der Waals surface area contributed by atoms with Gasteiger partial charge in [-0.25, -0.2) is 13.8 Å². The average molecular weight is 371 g/mol. The third-order valence-corrected chi connectivity index (χ3v) is 5.06. The molecule has 0 spiro atoms. The fourth-order valence-corrected chi connectivity index (χ4v) is 3.39. The lowest BCUT2D eigenvalue weighted by Crippen LogP contribution is -2.34. The van der Waals surface area contributed by atoms with Crippen LogP contribution in [-0.2, 0) is 0 Å². The highest BCUT2D eigenvalue weighted by Gasteiger charge is 2.28. The Balaban J connectivity index is 2.03. The van der Waals surface area contributed by atoms with E-state index >= 15 is 0 Å². The third kappa shape index (κ3) is 2.87. The second-order valence-corrected chi connectivity index (χ2v) is 6.81. The Hall–Kier alpha value is -2.83. The zero-order valence-electron chi connectivity index (χ0n) is 15.1. The van der Waals surface area contributed by atoms with E-state index in [0.717, 1.165) is 25.0 Å². The monoisotopic (exact) mass is 371 g/mol. The van der Waals surface area contributed by atoms with E-state index in [-0.39, 0.29) is 28.4 Å². The molecule has 0 bridgehead atoms. The minimum Gasteiger partial charge on any atom is -0.339 e. The fourth-order valence-electron chi connectivity index (χ4n) is 3.39. The Bertz CT molecular complexity index is 1130. The predicted octanol–water partition coefficient (Wildman–Crippen LogP) is 3.64. The molecule has 0 saturated heterocycles. The number of pyridine rings is 2. The van der Waals surface area contributed by atoms with Gasteiger partial charge in [0, 0.05) is 36.8 Å². The van der Waals surface area contributed by atoms with Gasteiger partial charge in [-0.15, -0.1) is 0 Å². The molecule has 1 amide bonds. The van der Waals surface area contributed by atoms with Crippen LogP contribution in [0.4, 0.5) is 8.78 Å². The van der Waals surface area contributed by atoms with Crippen LogP contribution in [0.5, 0.6) is 0 Å². The van der Waals surface area contributed by atoms with Crippen molar-refractivity contribution in [2.24, 2.45) is 0 Å². The Morgan fingerprint density at radius 1 is 1.19 bits per heavy atom. The Labute approximate surface area is 154 Å². The SMILES string of the molecule is CCN(CC)C(=O)c1cn(C2CC2)c2nc3cc(F)c(F)cc3cc2c1=O. The van der Waals surface area contributed by atoms with Crippen molar-refractivity contribution >= 4 is 27.8 Å². The molecule has 140 valence electrons. The van der Waals surface area contributed by atoms with E-state index in [9.17, 15) is 18.4 Å². The van der Waals surface area contributed by atoms with Gasteiger partial charge in [0.2, 0.25) is 5.43 Å². The largest absolute Gasteiger partial charge is 0.339 e. The molecule has 5 nitrogen and oxygen atoms in total. The van der Waals surface area contributed by atoms with Gasteiger partial charge in [-0.3, -0.25) is 9.59 Å². The summed E-state index contributed by atoms with van der Waals surface area (Å²) in [4.78, 5) is 31.8. The number of aromatic nitrogens is 2. The van der Waals surface area contributed by atoms with Crippen LogP contribution >= 0.6 is 0 Å². The molecule has 0 atom stereocenters. The maximum atomic E-state index is 13.6. The third-order valence-electron chi connectivity index (χ3n) is 5.06. The van der Waals surface area contributed by atoms with Gasteiger partial charge in [-0.1, -0.05) is 0 Å². The van der Waals surface area contributed by atoms with Crippen LogP contribution in [0.3, 0.4) is 0 Å². The Morgan fingerprint density at radius 3 is 2.48 bits per heavy atom. The topological polar surface area (TPSA) is 55.2 Å². The van der Waals surface area contributed by atoms with Gasteiger partial charge in [0.1, 0.15) is 11.2 Å². The molecule has 1 aliphatic rings. The summed E-state index contributed by atoms with van der Waals surface area (Å²) in [6.45, 7) is 4.70. The normalized spacial score (nSPS) is 14.1. The Kier molecular flexibility index (Phi) is 4.17. The first kappa shape index (κ1) is 17.6. The van der Waals surface area contributed by atoms with Gasteiger partial charge in [-0.2, -0.15) is 0 Å². The fraction of sp³-hybridized carbons (Fsp3) is 0.350. The van der Waals surface area contributed by atoms with Crippen molar-refractivity contribution in [3.8, 4) is 0 Å². The summed E-state index contributed by atoms with van der Waals surface area (Å²) in [6.07, 6.45) is 3.42. The molecule has 0 unspecified atom stereocenters. The van der Waals surface area contributed by atoms with E-state index in [1.54, 1.807) is 11.1 Å². The van der Waals surface area contributed by atoms with Crippen molar-refractivity contribution in [3.05, 3.63) is 51.8 Å². The lowest BCUT2D eigenvalue weighted by molar-refractivity contribution is 0.0771. The quantitative estimate of drug-likeness (QED) is 0.658. The van der Waals surface area contributed by atoms with Crippen LogP contribution in [0.15, 0.2) is 29.2 Å². The highest BCUT2D eigenvalue weighted by molar-refractivity contribution is 5.99. The molecule has 0 radical (unpaired) electrons. The summed E-state index contributed by atoms with van der Waals surface area (Å²) in [7, 11) is 0. The van der Waals surface area contributed by atoms with Crippen molar-refractivity contribution in [2.45, 2.75) is 32.7 Å². The molecule has 3 aromatic rings. The van der Waals surface area contributed by atoms with E-state index in [2.05, 4.69) is 4.98 Å². The molecule has 7 heteroatoms. The number of carbonyl (C=O) groups excluding carboxylic acids is 1. The van der Waals surface area contributed by atoms with Crippen LogP contribution in [0, 0.1) is 11.6 Å². The molecule has 0 N–H and O–H groups in total. The summed E-state index contributed by atoms with van der Waals surface area (Å²) in [5.74, 6) is -2.31. The molecular formula is C20H19F2N3O2. The maximum Gasteiger partial charge on any atom is 0.259 e. The summed E-state index contributed by atoms with van der Waals surface area (Å²) < 4.78 is 29.1. The van der Waals surface area contributed by atoms with E-state index in [0.29, 0.717) is 24.1 Å². The molecule has 0 aliphatic heterocycles. The average Bonchev–Trinajstić information content (AvgIpc) is 3.48. The first-order valence-corrected chi connectivity index (χ1v) is 9.08. The first-order valence-electron chi connectivity index (χ1n) is 9.08. The van der Waals surface area contributed by atoms with Gasteiger partial charge >= 0.3 is 0 Å². The van der Waals surface area contributed by atoms with Crippen molar-refractivity contribution < 1.29 is 13.6 Å². The van der Waals surface area contributed by atoms with Crippen molar-refractivity contribution in [1.29, 1.82) is 0 Å². The standard InChI is InChI=1S/C20H19F2N3O2/c1-3-24(4-2)20(27)14-10-25(12-5-6-12)19-13(18(14)26)7-11-8-15(21)16(22)9-17(11)23-19/h7-10,12H,3-6H2,1-2H3. The molecule has 27 heavy (non-hydrogen) atoms. The highest BCUT2D eigenvalue weighted by atomic mass is 19.2. The molecular weight excluding hydrogens is 352 g/mol. The number of hydrogen-bond acceptors (Lipinski definition) is 3. The molecule has 2 heterocycles. The lowest BCUT2D eigenvalue weighted by atomic mass is 10.1. The van der Waals surface area contributed by atoms with E-state index < -0.39 is 17.1 Å². The zero-order valence-corrected chi connectivity index (χ0v) is 15.1. The van der Waals surface area contributed by atoms with E-state index in [1.807, 2.05) is 18.4 Å². The van der Waals surface area contributed by atoms with Crippen LogP contribution in [0.1, 0.15) is 43.1 Å². The maximum absolute atomic E-state index is 13.6. The molecule has 4 rings (SSSR count). The van der Waals surface area contributed by atoms with Crippen LogP contribution in [0.2, 0.25) is 0 Å². The van der Waals surface area contributed by atoms with E-state index in [4.69, 9.17) is 0 Å². The molecule has 1 saturated carbocycles. The van der Waals surface area contributed by atoms with Crippen LogP contribution in [-0.4, -0.2) is 33.4 Å². The zero-order chi connectivity index (χ0) is 19.3. The smallest absolute Gasteiger partial charge is 0.259 e. The summed E-state index contributed by atoms with van der Waals surface area (Å²) in [5, 5.41) is 0.576.